The Hall–Kier alpha value is -0.520. The Labute approximate surface area is 116 Å². The molecule has 0 atom stereocenters. The predicted octanol–water partition coefficient (Wildman–Crippen LogP) is 6.82. The number of allylic oxidation sites excluding steroid dienone is 3. The van der Waals surface area contributed by atoms with E-state index in [4.69, 9.17) is 0 Å². The van der Waals surface area contributed by atoms with Gasteiger partial charge in [0.05, 0.1) is 0 Å². The molecule has 106 valence electrons. The molecule has 0 nitrogen and oxygen atoms in total. The van der Waals surface area contributed by atoms with Crippen molar-refractivity contribution in [2.45, 2.75) is 91.4 Å². The topological polar surface area (TPSA) is 0 Å². The first-order chi connectivity index (χ1) is 8.76. The number of hydrogen-bond acceptors (Lipinski definition) is 0. The molecule has 0 aromatic carbocycles. The molecular formula is C18H34. The lowest BCUT2D eigenvalue weighted by molar-refractivity contribution is 0.572. The molecule has 0 N–H and O–H groups in total. The van der Waals surface area contributed by atoms with Crippen LogP contribution in [-0.4, -0.2) is 0 Å². The van der Waals surface area contributed by atoms with Crippen LogP contribution in [0.2, 0.25) is 0 Å². The van der Waals surface area contributed by atoms with E-state index in [1.54, 1.807) is 11.1 Å². The van der Waals surface area contributed by atoms with Crippen LogP contribution < -0.4 is 0 Å². The van der Waals surface area contributed by atoms with Crippen molar-refractivity contribution in [3.8, 4) is 0 Å². The van der Waals surface area contributed by atoms with Crippen molar-refractivity contribution >= 4 is 0 Å². The maximum Gasteiger partial charge on any atom is -0.0142 e. The fraction of sp³-hybridized carbons (Fsp3) is 0.778. The fourth-order valence-electron chi connectivity index (χ4n) is 2.53. The molecule has 0 aromatic heterocycles. The first-order valence-corrected chi connectivity index (χ1v) is 8.04. The summed E-state index contributed by atoms with van der Waals surface area (Å²) in [5.41, 5.74) is 3.22. The van der Waals surface area contributed by atoms with Crippen LogP contribution in [0.5, 0.6) is 0 Å². The van der Waals surface area contributed by atoms with E-state index >= 15 is 0 Å². The van der Waals surface area contributed by atoms with Crippen molar-refractivity contribution in [3.05, 3.63) is 23.8 Å². The zero-order valence-electron chi connectivity index (χ0n) is 13.1. The third-order valence-corrected chi connectivity index (χ3v) is 3.81. The molecular weight excluding hydrogens is 216 g/mol. The Morgan fingerprint density at radius 3 is 1.94 bits per heavy atom. The average Bonchev–Trinajstić information content (AvgIpc) is 2.37. The second-order valence-electron chi connectivity index (χ2n) is 5.46. The molecule has 0 saturated heterocycles. The van der Waals surface area contributed by atoms with E-state index in [0.717, 1.165) is 6.42 Å². The average molecular weight is 250 g/mol. The van der Waals surface area contributed by atoms with Crippen LogP contribution in [0, 0.1) is 0 Å². The third kappa shape index (κ3) is 9.50. The van der Waals surface area contributed by atoms with Crippen LogP contribution in [0.4, 0.5) is 0 Å². The van der Waals surface area contributed by atoms with Gasteiger partial charge < -0.3 is 0 Å². The molecule has 0 aromatic rings. The third-order valence-electron chi connectivity index (χ3n) is 3.81. The highest BCUT2D eigenvalue weighted by Gasteiger charge is 2.00. The minimum absolute atomic E-state index is 1.07. The van der Waals surface area contributed by atoms with E-state index in [1.807, 2.05) is 6.08 Å². The van der Waals surface area contributed by atoms with Crippen molar-refractivity contribution < 1.29 is 0 Å². The number of rotatable bonds is 12. The van der Waals surface area contributed by atoms with Crippen molar-refractivity contribution in [2.24, 2.45) is 0 Å². The molecule has 0 heteroatoms. The highest BCUT2D eigenvalue weighted by molar-refractivity contribution is 5.14. The molecule has 0 radical (unpaired) electrons. The van der Waals surface area contributed by atoms with Crippen LogP contribution in [0.3, 0.4) is 0 Å². The first-order valence-electron chi connectivity index (χ1n) is 8.04. The normalized spacial score (nSPS) is 12.4. The molecule has 0 heterocycles. The quantitative estimate of drug-likeness (QED) is 0.263. The van der Waals surface area contributed by atoms with Gasteiger partial charge in [-0.05, 0) is 32.6 Å². The highest BCUT2D eigenvalue weighted by Crippen LogP contribution is 2.20. The number of hydrogen-bond donors (Lipinski definition) is 0. The SMILES string of the molecule is C=CCC(C)=C(CC)CCCCCCCCCC. The Bertz CT molecular complexity index is 222. The van der Waals surface area contributed by atoms with Crippen LogP contribution in [0.15, 0.2) is 23.8 Å². The van der Waals surface area contributed by atoms with Gasteiger partial charge in [0.15, 0.2) is 0 Å². The molecule has 18 heavy (non-hydrogen) atoms. The van der Waals surface area contributed by atoms with Gasteiger partial charge in [0.1, 0.15) is 0 Å². The van der Waals surface area contributed by atoms with E-state index in [-0.39, 0.29) is 0 Å². The molecule has 0 aliphatic heterocycles. The molecule has 0 rings (SSSR count). The van der Waals surface area contributed by atoms with Gasteiger partial charge in [-0.2, -0.15) is 0 Å². The Balaban J connectivity index is 3.57. The van der Waals surface area contributed by atoms with Gasteiger partial charge in [0, 0.05) is 0 Å². The first kappa shape index (κ1) is 17.5. The summed E-state index contributed by atoms with van der Waals surface area (Å²) in [5.74, 6) is 0. The van der Waals surface area contributed by atoms with Gasteiger partial charge in [0.2, 0.25) is 0 Å². The fourth-order valence-corrected chi connectivity index (χ4v) is 2.53. The summed E-state index contributed by atoms with van der Waals surface area (Å²) in [6.07, 6.45) is 17.0. The maximum atomic E-state index is 3.83. The van der Waals surface area contributed by atoms with Crippen molar-refractivity contribution in [1.29, 1.82) is 0 Å². The maximum absolute atomic E-state index is 3.83. The van der Waals surface area contributed by atoms with Gasteiger partial charge in [0.25, 0.3) is 0 Å². The lowest BCUT2D eigenvalue weighted by Gasteiger charge is -2.09. The lowest BCUT2D eigenvalue weighted by Crippen LogP contribution is -1.89. The molecule has 0 bridgehead atoms. The summed E-state index contributed by atoms with van der Waals surface area (Å²) in [5, 5.41) is 0. The monoisotopic (exact) mass is 250 g/mol. The number of unbranched alkanes of at least 4 members (excludes halogenated alkanes) is 7. The zero-order chi connectivity index (χ0) is 13.6. The molecule has 0 fully saturated rings. The summed E-state index contributed by atoms with van der Waals surface area (Å²) in [4.78, 5) is 0. The van der Waals surface area contributed by atoms with Gasteiger partial charge in [-0.25, -0.2) is 0 Å². The van der Waals surface area contributed by atoms with Crippen molar-refractivity contribution in [2.75, 3.05) is 0 Å². The second kappa shape index (κ2) is 12.9. The molecule has 0 amide bonds. The van der Waals surface area contributed by atoms with Gasteiger partial charge >= 0.3 is 0 Å². The van der Waals surface area contributed by atoms with Gasteiger partial charge in [-0.1, -0.05) is 76.0 Å². The van der Waals surface area contributed by atoms with E-state index in [2.05, 4.69) is 27.4 Å². The minimum atomic E-state index is 1.07. The Morgan fingerprint density at radius 2 is 1.44 bits per heavy atom. The van der Waals surface area contributed by atoms with Crippen molar-refractivity contribution in [1.82, 2.24) is 0 Å². The lowest BCUT2D eigenvalue weighted by atomic mass is 9.97. The van der Waals surface area contributed by atoms with Crippen LogP contribution >= 0.6 is 0 Å². The summed E-state index contributed by atoms with van der Waals surface area (Å²) < 4.78 is 0. The standard InChI is InChI=1S/C18H34/c1-5-8-9-10-11-12-13-14-16-18(7-3)17(4)15-6-2/h6H,2,5,7-16H2,1,3-4H3. The summed E-state index contributed by atoms with van der Waals surface area (Å²) in [7, 11) is 0. The molecule has 0 unspecified atom stereocenters. The van der Waals surface area contributed by atoms with E-state index in [9.17, 15) is 0 Å². The van der Waals surface area contributed by atoms with Crippen molar-refractivity contribution in [3.63, 3.8) is 0 Å². The highest BCUT2D eigenvalue weighted by atomic mass is 14.1. The van der Waals surface area contributed by atoms with E-state index in [0.29, 0.717) is 0 Å². The summed E-state index contributed by atoms with van der Waals surface area (Å²) >= 11 is 0. The molecule has 0 aliphatic rings. The van der Waals surface area contributed by atoms with Gasteiger partial charge in [-0.15, -0.1) is 6.58 Å². The van der Waals surface area contributed by atoms with Crippen LogP contribution in [0.1, 0.15) is 91.4 Å². The van der Waals surface area contributed by atoms with E-state index < -0.39 is 0 Å². The molecule has 0 saturated carbocycles. The summed E-state index contributed by atoms with van der Waals surface area (Å²) in [6.45, 7) is 10.7. The Morgan fingerprint density at radius 1 is 0.889 bits per heavy atom. The molecule has 0 spiro atoms. The summed E-state index contributed by atoms with van der Waals surface area (Å²) in [6, 6.07) is 0. The molecule has 0 aliphatic carbocycles. The second-order valence-corrected chi connectivity index (χ2v) is 5.46. The minimum Gasteiger partial charge on any atom is -0.103 e. The van der Waals surface area contributed by atoms with Crippen LogP contribution in [0.25, 0.3) is 0 Å². The zero-order valence-corrected chi connectivity index (χ0v) is 13.1. The van der Waals surface area contributed by atoms with E-state index in [1.165, 1.54) is 64.2 Å². The predicted molar refractivity (Wildman–Crippen MR) is 85.0 cm³/mol. The Kier molecular flexibility index (Phi) is 12.6. The van der Waals surface area contributed by atoms with Gasteiger partial charge in [-0.3, -0.25) is 0 Å². The van der Waals surface area contributed by atoms with Crippen LogP contribution in [-0.2, 0) is 0 Å². The largest absolute Gasteiger partial charge is 0.103 e. The smallest absolute Gasteiger partial charge is 0.0142 e.